The van der Waals surface area contributed by atoms with Crippen molar-refractivity contribution in [1.29, 1.82) is 0 Å². The molecule has 0 aliphatic heterocycles. The van der Waals surface area contributed by atoms with Crippen LogP contribution in [-0.2, 0) is 0 Å². The smallest absolute Gasteiger partial charge is 0.121 e. The molecule has 0 saturated heterocycles. The predicted molar refractivity (Wildman–Crippen MR) is 40.4 cm³/mol. The fraction of sp³-hybridized carbons (Fsp3) is 0.167. The average molecular weight is 138 g/mol. The molecule has 0 unspecified atom stereocenters. The van der Waals surface area contributed by atoms with Crippen LogP contribution in [-0.4, -0.2) is 16.7 Å². The van der Waals surface area contributed by atoms with E-state index in [9.17, 15) is 0 Å². The molecule has 0 saturated carbocycles. The Morgan fingerprint density at radius 3 is 3.30 bits per heavy atom. The highest BCUT2D eigenvalue weighted by Crippen LogP contribution is 1.96. The highest BCUT2D eigenvalue weighted by atomic mass is 15.2. The summed E-state index contributed by atoms with van der Waals surface area (Å²) in [7, 11) is 0. The first-order valence-electron chi connectivity index (χ1n) is 3.03. The maximum Gasteiger partial charge on any atom is 0.121 e. The zero-order valence-electron chi connectivity index (χ0n) is 5.54. The van der Waals surface area contributed by atoms with Gasteiger partial charge < -0.3 is 11.1 Å². The molecule has 0 aliphatic rings. The zero-order valence-corrected chi connectivity index (χ0v) is 5.54. The van der Waals surface area contributed by atoms with Gasteiger partial charge in [0.1, 0.15) is 5.82 Å². The van der Waals surface area contributed by atoms with Gasteiger partial charge in [0.2, 0.25) is 0 Å². The molecule has 0 aliphatic carbocycles. The molecule has 4 N–H and O–H groups in total. The fourth-order valence-electron chi connectivity index (χ4n) is 0.591. The topological polar surface area (TPSA) is 66.7 Å². The fourth-order valence-corrected chi connectivity index (χ4v) is 0.591. The zero-order chi connectivity index (χ0) is 7.23. The van der Waals surface area contributed by atoms with Gasteiger partial charge in [0, 0.05) is 6.54 Å². The van der Waals surface area contributed by atoms with Crippen LogP contribution in [0.4, 0.5) is 5.82 Å². The average Bonchev–Trinajstić information content (AvgIpc) is 2.41. The van der Waals surface area contributed by atoms with E-state index in [1.54, 1.807) is 6.20 Å². The second-order valence-electron chi connectivity index (χ2n) is 1.78. The Hall–Kier alpha value is -1.45. The summed E-state index contributed by atoms with van der Waals surface area (Å²) < 4.78 is 0. The number of nitrogens with one attached hydrogen (secondary N) is 2. The summed E-state index contributed by atoms with van der Waals surface area (Å²) in [6.45, 7) is 0.721. The van der Waals surface area contributed by atoms with E-state index in [4.69, 9.17) is 5.73 Å². The lowest BCUT2D eigenvalue weighted by molar-refractivity contribution is 1.08. The minimum atomic E-state index is 0.721. The van der Waals surface area contributed by atoms with E-state index < -0.39 is 0 Å². The number of nitrogens with zero attached hydrogens (tertiary/aromatic N) is 1. The maximum absolute atomic E-state index is 5.12. The van der Waals surface area contributed by atoms with Gasteiger partial charge in [-0.2, -0.15) is 5.10 Å². The standard InChI is InChI=1S/C6H10N4/c7-3-1-4-8-6-2-5-9-10-6/h1-3,5H,4,7H2,(H2,8,9,10). The first-order chi connectivity index (χ1) is 4.93. The second kappa shape index (κ2) is 3.55. The molecule has 0 radical (unpaired) electrons. The van der Waals surface area contributed by atoms with Crippen LogP contribution in [0, 0.1) is 0 Å². The molecule has 1 aromatic rings. The minimum Gasteiger partial charge on any atom is -0.405 e. The Morgan fingerprint density at radius 2 is 2.70 bits per heavy atom. The second-order valence-corrected chi connectivity index (χ2v) is 1.78. The van der Waals surface area contributed by atoms with E-state index in [0.29, 0.717) is 0 Å². The van der Waals surface area contributed by atoms with Crippen molar-refractivity contribution in [2.24, 2.45) is 5.73 Å². The van der Waals surface area contributed by atoms with Crippen LogP contribution in [0.3, 0.4) is 0 Å². The number of nitrogens with two attached hydrogens (primary N) is 1. The SMILES string of the molecule is NC=CCNc1ccn[nH]1. The van der Waals surface area contributed by atoms with Gasteiger partial charge >= 0.3 is 0 Å². The molecule has 1 aromatic heterocycles. The molecule has 0 aromatic carbocycles. The van der Waals surface area contributed by atoms with E-state index >= 15 is 0 Å². The normalized spacial score (nSPS) is 10.4. The van der Waals surface area contributed by atoms with Gasteiger partial charge in [-0.1, -0.05) is 0 Å². The number of aromatic amines is 1. The Labute approximate surface area is 59.1 Å². The van der Waals surface area contributed by atoms with Crippen molar-refractivity contribution >= 4 is 5.82 Å². The molecule has 0 amide bonds. The molecule has 4 nitrogen and oxygen atoms in total. The highest BCUT2D eigenvalue weighted by molar-refractivity contribution is 5.32. The van der Waals surface area contributed by atoms with Crippen molar-refractivity contribution < 1.29 is 0 Å². The van der Waals surface area contributed by atoms with Crippen molar-refractivity contribution in [3.63, 3.8) is 0 Å². The molecule has 0 fully saturated rings. The van der Waals surface area contributed by atoms with E-state index in [1.807, 2.05) is 12.1 Å². The molecule has 1 rings (SSSR count). The molecule has 0 bridgehead atoms. The lowest BCUT2D eigenvalue weighted by Crippen LogP contribution is -1.98. The molecular formula is C6H10N4. The largest absolute Gasteiger partial charge is 0.405 e. The number of aromatic nitrogens is 2. The van der Waals surface area contributed by atoms with E-state index in [1.165, 1.54) is 6.20 Å². The molecule has 1 heterocycles. The summed E-state index contributed by atoms with van der Waals surface area (Å²) >= 11 is 0. The van der Waals surface area contributed by atoms with Gasteiger partial charge in [0.05, 0.1) is 6.20 Å². The van der Waals surface area contributed by atoms with Gasteiger partial charge in [-0.25, -0.2) is 0 Å². The van der Waals surface area contributed by atoms with Crippen molar-refractivity contribution in [3.05, 3.63) is 24.5 Å². The summed E-state index contributed by atoms with van der Waals surface area (Å²) in [5.41, 5.74) is 5.12. The third-order valence-corrected chi connectivity index (χ3v) is 1.05. The van der Waals surface area contributed by atoms with Gasteiger partial charge in [-0.3, -0.25) is 5.10 Å². The number of hydrogen-bond donors (Lipinski definition) is 3. The van der Waals surface area contributed by atoms with Crippen LogP contribution in [0.15, 0.2) is 24.5 Å². The van der Waals surface area contributed by atoms with Gasteiger partial charge in [-0.05, 0) is 18.3 Å². The Balaban J connectivity index is 2.28. The summed E-state index contributed by atoms with van der Waals surface area (Å²) in [5, 5.41) is 9.56. The maximum atomic E-state index is 5.12. The number of hydrogen-bond acceptors (Lipinski definition) is 3. The predicted octanol–water partition coefficient (Wildman–Crippen LogP) is 0.294. The third-order valence-electron chi connectivity index (χ3n) is 1.05. The van der Waals surface area contributed by atoms with E-state index in [0.717, 1.165) is 12.4 Å². The Bertz CT molecular complexity index is 190. The third kappa shape index (κ3) is 1.81. The summed E-state index contributed by atoms with van der Waals surface area (Å²) in [6, 6.07) is 1.85. The molecular weight excluding hydrogens is 128 g/mol. The van der Waals surface area contributed by atoms with Gasteiger partial charge in [0.15, 0.2) is 0 Å². The lowest BCUT2D eigenvalue weighted by atomic mass is 10.5. The first kappa shape index (κ1) is 6.67. The summed E-state index contributed by atoms with van der Waals surface area (Å²) in [6.07, 6.45) is 5.01. The number of anilines is 1. The van der Waals surface area contributed by atoms with Crippen LogP contribution in [0.5, 0.6) is 0 Å². The molecule has 0 spiro atoms. The first-order valence-corrected chi connectivity index (χ1v) is 3.03. The summed E-state index contributed by atoms with van der Waals surface area (Å²) in [5.74, 6) is 0.901. The summed E-state index contributed by atoms with van der Waals surface area (Å²) in [4.78, 5) is 0. The van der Waals surface area contributed by atoms with Crippen molar-refractivity contribution in [2.45, 2.75) is 0 Å². The highest BCUT2D eigenvalue weighted by Gasteiger charge is 1.85. The molecule has 4 heteroatoms. The molecule has 54 valence electrons. The Kier molecular flexibility index (Phi) is 2.37. The molecule has 10 heavy (non-hydrogen) atoms. The van der Waals surface area contributed by atoms with Gasteiger partial charge in [-0.15, -0.1) is 0 Å². The van der Waals surface area contributed by atoms with Crippen LogP contribution in [0.2, 0.25) is 0 Å². The monoisotopic (exact) mass is 138 g/mol. The van der Waals surface area contributed by atoms with E-state index in [2.05, 4.69) is 15.5 Å². The molecule has 0 atom stereocenters. The van der Waals surface area contributed by atoms with Crippen LogP contribution in [0.1, 0.15) is 0 Å². The minimum absolute atomic E-state index is 0.721. The van der Waals surface area contributed by atoms with Crippen molar-refractivity contribution in [1.82, 2.24) is 10.2 Å². The van der Waals surface area contributed by atoms with Crippen LogP contribution >= 0.6 is 0 Å². The van der Waals surface area contributed by atoms with Crippen LogP contribution in [0.25, 0.3) is 0 Å². The van der Waals surface area contributed by atoms with Gasteiger partial charge in [0.25, 0.3) is 0 Å². The Morgan fingerprint density at radius 1 is 1.80 bits per heavy atom. The number of rotatable bonds is 3. The van der Waals surface area contributed by atoms with Crippen molar-refractivity contribution in [2.75, 3.05) is 11.9 Å². The van der Waals surface area contributed by atoms with Crippen LogP contribution < -0.4 is 11.1 Å². The number of H-pyrrole nitrogens is 1. The van der Waals surface area contributed by atoms with Crippen molar-refractivity contribution in [3.8, 4) is 0 Å². The lowest BCUT2D eigenvalue weighted by Gasteiger charge is -1.95. The quantitative estimate of drug-likeness (QED) is 0.562. The van der Waals surface area contributed by atoms with E-state index in [-0.39, 0.29) is 0 Å².